The third-order valence-corrected chi connectivity index (χ3v) is 2.74. The van der Waals surface area contributed by atoms with Gasteiger partial charge in [0.1, 0.15) is 5.82 Å². The molecule has 0 fully saturated rings. The number of aromatic nitrogens is 1. The highest BCUT2D eigenvalue weighted by molar-refractivity contribution is 5.89. The molecular weight excluding hydrogens is 261 g/mol. The molecule has 0 bridgehead atoms. The SMILES string of the molecule is CCC(C)(C)Nc1ccc(C(=O)O)c(C(F)(F)F)n1. The van der Waals surface area contributed by atoms with Crippen molar-refractivity contribution in [3.63, 3.8) is 0 Å². The molecule has 1 heterocycles. The van der Waals surface area contributed by atoms with Crippen LogP contribution in [0.4, 0.5) is 19.0 Å². The van der Waals surface area contributed by atoms with Crippen molar-refractivity contribution >= 4 is 11.8 Å². The van der Waals surface area contributed by atoms with E-state index in [4.69, 9.17) is 5.11 Å². The smallest absolute Gasteiger partial charge is 0.434 e. The fraction of sp³-hybridized carbons (Fsp3) is 0.500. The van der Waals surface area contributed by atoms with Gasteiger partial charge in [-0.1, -0.05) is 6.92 Å². The second kappa shape index (κ2) is 5.07. The van der Waals surface area contributed by atoms with Gasteiger partial charge in [0.15, 0.2) is 5.69 Å². The molecule has 19 heavy (non-hydrogen) atoms. The van der Waals surface area contributed by atoms with E-state index in [1.165, 1.54) is 6.07 Å². The molecule has 0 atom stereocenters. The van der Waals surface area contributed by atoms with Crippen LogP contribution in [0.2, 0.25) is 0 Å². The summed E-state index contributed by atoms with van der Waals surface area (Å²) in [6.07, 6.45) is -4.13. The predicted octanol–water partition coefficient (Wildman–Crippen LogP) is 3.40. The van der Waals surface area contributed by atoms with Crippen LogP contribution in [0.25, 0.3) is 0 Å². The van der Waals surface area contributed by atoms with Crippen LogP contribution in [-0.2, 0) is 6.18 Å². The van der Waals surface area contributed by atoms with Gasteiger partial charge in [-0.3, -0.25) is 0 Å². The first-order chi connectivity index (χ1) is 8.57. The minimum atomic E-state index is -4.80. The van der Waals surface area contributed by atoms with Crippen molar-refractivity contribution in [1.29, 1.82) is 0 Å². The highest BCUT2D eigenvalue weighted by atomic mass is 19.4. The summed E-state index contributed by atoms with van der Waals surface area (Å²) in [7, 11) is 0. The Bertz CT molecular complexity index is 484. The van der Waals surface area contributed by atoms with Crippen LogP contribution in [-0.4, -0.2) is 21.6 Å². The number of pyridine rings is 1. The minimum Gasteiger partial charge on any atom is -0.478 e. The zero-order valence-electron chi connectivity index (χ0n) is 10.8. The van der Waals surface area contributed by atoms with Crippen molar-refractivity contribution < 1.29 is 23.1 Å². The fourth-order valence-electron chi connectivity index (χ4n) is 1.35. The van der Waals surface area contributed by atoms with E-state index in [1.807, 2.05) is 20.8 Å². The molecule has 0 aliphatic heterocycles. The van der Waals surface area contributed by atoms with Crippen molar-refractivity contribution in [3.8, 4) is 0 Å². The number of anilines is 1. The van der Waals surface area contributed by atoms with Crippen LogP contribution in [0.3, 0.4) is 0 Å². The van der Waals surface area contributed by atoms with Gasteiger partial charge in [0.05, 0.1) is 5.56 Å². The molecular formula is C12H15F3N2O2. The van der Waals surface area contributed by atoms with Crippen LogP contribution in [0.1, 0.15) is 43.2 Å². The van der Waals surface area contributed by atoms with E-state index in [-0.39, 0.29) is 5.82 Å². The maximum atomic E-state index is 12.7. The number of carboxylic acids is 1. The molecule has 4 nitrogen and oxygen atoms in total. The monoisotopic (exact) mass is 276 g/mol. The Morgan fingerprint density at radius 2 is 1.95 bits per heavy atom. The van der Waals surface area contributed by atoms with Gasteiger partial charge >= 0.3 is 12.1 Å². The van der Waals surface area contributed by atoms with Crippen LogP contribution >= 0.6 is 0 Å². The Morgan fingerprint density at radius 1 is 1.37 bits per heavy atom. The maximum Gasteiger partial charge on any atom is 0.434 e. The zero-order valence-corrected chi connectivity index (χ0v) is 10.8. The molecule has 1 aromatic heterocycles. The second-order valence-corrected chi connectivity index (χ2v) is 4.76. The summed E-state index contributed by atoms with van der Waals surface area (Å²) in [5, 5.41) is 11.6. The largest absolute Gasteiger partial charge is 0.478 e. The van der Waals surface area contributed by atoms with Gasteiger partial charge in [0.2, 0.25) is 0 Å². The Labute approximate surface area is 108 Å². The number of aromatic carboxylic acids is 1. The molecule has 0 aromatic carbocycles. The summed E-state index contributed by atoms with van der Waals surface area (Å²) in [4.78, 5) is 14.1. The fourth-order valence-corrected chi connectivity index (χ4v) is 1.35. The van der Waals surface area contributed by atoms with Gasteiger partial charge in [0.25, 0.3) is 0 Å². The molecule has 0 unspecified atom stereocenters. The third kappa shape index (κ3) is 3.84. The normalized spacial score (nSPS) is 12.3. The van der Waals surface area contributed by atoms with Crippen LogP contribution in [0.5, 0.6) is 0 Å². The number of nitrogens with one attached hydrogen (secondary N) is 1. The number of alkyl halides is 3. The van der Waals surface area contributed by atoms with E-state index in [1.54, 1.807) is 0 Å². The van der Waals surface area contributed by atoms with Gasteiger partial charge in [-0.25, -0.2) is 9.78 Å². The Balaban J connectivity index is 3.23. The molecule has 0 radical (unpaired) electrons. The zero-order chi connectivity index (χ0) is 14.8. The number of rotatable bonds is 4. The number of halogens is 3. The summed E-state index contributed by atoms with van der Waals surface area (Å²) in [5.74, 6) is -1.65. The summed E-state index contributed by atoms with van der Waals surface area (Å²) in [5.41, 5.74) is -2.68. The molecule has 1 aromatic rings. The Kier molecular flexibility index (Phi) is 4.07. The van der Waals surface area contributed by atoms with E-state index < -0.39 is 28.9 Å². The number of nitrogens with zero attached hydrogens (tertiary/aromatic N) is 1. The van der Waals surface area contributed by atoms with Gasteiger partial charge < -0.3 is 10.4 Å². The van der Waals surface area contributed by atoms with Gasteiger partial charge in [-0.05, 0) is 32.4 Å². The van der Waals surface area contributed by atoms with Gasteiger partial charge in [-0.15, -0.1) is 0 Å². The van der Waals surface area contributed by atoms with Crippen LogP contribution in [0.15, 0.2) is 12.1 Å². The maximum absolute atomic E-state index is 12.7. The van der Waals surface area contributed by atoms with Crippen molar-refractivity contribution in [1.82, 2.24) is 4.98 Å². The third-order valence-electron chi connectivity index (χ3n) is 2.74. The van der Waals surface area contributed by atoms with E-state index in [0.29, 0.717) is 6.42 Å². The second-order valence-electron chi connectivity index (χ2n) is 4.76. The van der Waals surface area contributed by atoms with Crippen molar-refractivity contribution in [2.24, 2.45) is 0 Å². The number of carbonyl (C=O) groups is 1. The highest BCUT2D eigenvalue weighted by Gasteiger charge is 2.37. The topological polar surface area (TPSA) is 62.2 Å². The number of hydrogen-bond donors (Lipinski definition) is 2. The Morgan fingerprint density at radius 3 is 2.37 bits per heavy atom. The van der Waals surface area contributed by atoms with Crippen LogP contribution < -0.4 is 5.32 Å². The lowest BCUT2D eigenvalue weighted by Gasteiger charge is -2.25. The molecule has 0 amide bonds. The lowest BCUT2D eigenvalue weighted by molar-refractivity contribution is -0.141. The quantitative estimate of drug-likeness (QED) is 0.884. The molecule has 0 spiro atoms. The van der Waals surface area contributed by atoms with Crippen LogP contribution in [0, 0.1) is 0 Å². The summed E-state index contributed by atoms with van der Waals surface area (Å²) < 4.78 is 38.2. The average molecular weight is 276 g/mol. The first-order valence-electron chi connectivity index (χ1n) is 5.66. The first-order valence-corrected chi connectivity index (χ1v) is 5.66. The van der Waals surface area contributed by atoms with E-state index >= 15 is 0 Å². The first kappa shape index (κ1) is 15.3. The molecule has 0 aliphatic rings. The molecule has 0 saturated carbocycles. The van der Waals surface area contributed by atoms with Crippen molar-refractivity contribution in [2.45, 2.75) is 38.9 Å². The van der Waals surface area contributed by atoms with Crippen molar-refractivity contribution in [2.75, 3.05) is 5.32 Å². The molecule has 1 rings (SSSR count). The van der Waals surface area contributed by atoms with Crippen molar-refractivity contribution in [3.05, 3.63) is 23.4 Å². The lowest BCUT2D eigenvalue weighted by atomic mass is 10.0. The average Bonchev–Trinajstić information content (AvgIpc) is 2.27. The lowest BCUT2D eigenvalue weighted by Crippen LogP contribution is -2.30. The molecule has 106 valence electrons. The van der Waals surface area contributed by atoms with Gasteiger partial charge in [-0.2, -0.15) is 13.2 Å². The molecule has 0 saturated heterocycles. The summed E-state index contributed by atoms with van der Waals surface area (Å²) in [6.45, 7) is 5.50. The number of hydrogen-bond acceptors (Lipinski definition) is 3. The van der Waals surface area contributed by atoms with E-state index in [0.717, 1.165) is 6.07 Å². The summed E-state index contributed by atoms with van der Waals surface area (Å²) in [6, 6.07) is 2.14. The predicted molar refractivity (Wildman–Crippen MR) is 64.2 cm³/mol. The summed E-state index contributed by atoms with van der Waals surface area (Å²) >= 11 is 0. The highest BCUT2D eigenvalue weighted by Crippen LogP contribution is 2.32. The molecule has 0 aliphatic carbocycles. The minimum absolute atomic E-state index is 0.00387. The standard InChI is InChI=1S/C12H15F3N2O2/c1-4-11(2,3)17-8-6-5-7(10(18)19)9(16-8)12(13,14)15/h5-6H,4H2,1-3H3,(H,16,17)(H,18,19). The Hall–Kier alpha value is -1.79. The van der Waals surface area contributed by atoms with E-state index in [9.17, 15) is 18.0 Å². The molecule has 7 heteroatoms. The molecule has 2 N–H and O–H groups in total. The van der Waals surface area contributed by atoms with Gasteiger partial charge in [0, 0.05) is 5.54 Å². The van der Waals surface area contributed by atoms with E-state index in [2.05, 4.69) is 10.3 Å². The number of carboxylic acid groups (broad SMARTS) is 1.